The van der Waals surface area contributed by atoms with Crippen LogP contribution in [0.25, 0.3) is 5.76 Å². The molecule has 0 aromatic heterocycles. The number of carbonyl (C=O) groups excluding carboxylic acids is 3. The summed E-state index contributed by atoms with van der Waals surface area (Å²) in [5, 5.41) is 13.4. The van der Waals surface area contributed by atoms with Crippen LogP contribution in [0.4, 0.5) is 0 Å². The summed E-state index contributed by atoms with van der Waals surface area (Å²) in [5.41, 5.74) is 1.25. The molecule has 2 aromatic carbocycles. The van der Waals surface area contributed by atoms with Gasteiger partial charge in [-0.2, -0.15) is 0 Å². The quantitative estimate of drug-likeness (QED) is 0.484. The summed E-state index contributed by atoms with van der Waals surface area (Å²) in [5.74, 6) is -1.84. The van der Waals surface area contributed by atoms with Gasteiger partial charge in [0, 0.05) is 25.6 Å². The van der Waals surface area contributed by atoms with Gasteiger partial charge in [-0.15, -0.1) is 0 Å². The number of Topliss-reactive ketones (excluding diaryl/α,β-unsaturated/α-hetero) is 1. The lowest BCUT2D eigenvalue weighted by atomic mass is 9.95. The Bertz CT molecular complexity index is 891. The predicted octanol–water partition coefficient (Wildman–Crippen LogP) is 2.24. The zero-order chi connectivity index (χ0) is 19.4. The third-order valence-corrected chi connectivity index (χ3v) is 4.43. The summed E-state index contributed by atoms with van der Waals surface area (Å²) in [6, 6.07) is 17.0. The van der Waals surface area contributed by atoms with E-state index in [1.807, 2.05) is 18.2 Å². The molecule has 1 aliphatic heterocycles. The molecule has 138 valence electrons. The first-order chi connectivity index (χ1) is 13.0. The van der Waals surface area contributed by atoms with E-state index >= 15 is 0 Å². The second-order valence-corrected chi connectivity index (χ2v) is 6.25. The van der Waals surface area contributed by atoms with Gasteiger partial charge in [0.05, 0.1) is 11.6 Å². The number of aliphatic hydroxyl groups excluding tert-OH is 1. The molecule has 0 radical (unpaired) electrons. The molecule has 6 nitrogen and oxygen atoms in total. The Morgan fingerprint density at radius 2 is 1.63 bits per heavy atom. The minimum Gasteiger partial charge on any atom is -0.507 e. The van der Waals surface area contributed by atoms with E-state index in [2.05, 4.69) is 5.32 Å². The van der Waals surface area contributed by atoms with Crippen LogP contribution in [0.5, 0.6) is 0 Å². The molecule has 2 aromatic rings. The molecule has 2 amide bonds. The fraction of sp³-hybridized carbons (Fsp3) is 0.190. The van der Waals surface area contributed by atoms with Crippen LogP contribution < -0.4 is 5.32 Å². The molecule has 1 fully saturated rings. The number of hydrogen-bond donors (Lipinski definition) is 2. The number of likely N-dealkylation sites (tertiary alicyclic amines) is 1. The fourth-order valence-corrected chi connectivity index (χ4v) is 3.20. The highest BCUT2D eigenvalue weighted by atomic mass is 16.3. The first-order valence-electron chi connectivity index (χ1n) is 8.64. The molecule has 1 aliphatic rings. The second kappa shape index (κ2) is 7.86. The molecule has 0 spiro atoms. The largest absolute Gasteiger partial charge is 0.507 e. The van der Waals surface area contributed by atoms with Gasteiger partial charge in [-0.25, -0.2) is 0 Å². The SMILES string of the molecule is CC(=O)NCCN1C(=O)C(=O)/C(=C(/O)c2ccccc2)[C@@H]1c1ccccc1. The molecule has 2 N–H and O–H groups in total. The Balaban J connectivity index is 2.07. The smallest absolute Gasteiger partial charge is 0.295 e. The molecule has 0 saturated carbocycles. The van der Waals surface area contributed by atoms with Crippen LogP contribution in [0, 0.1) is 0 Å². The maximum Gasteiger partial charge on any atom is 0.295 e. The molecule has 0 unspecified atom stereocenters. The molecule has 27 heavy (non-hydrogen) atoms. The number of amides is 2. The van der Waals surface area contributed by atoms with E-state index in [9.17, 15) is 19.5 Å². The van der Waals surface area contributed by atoms with Gasteiger partial charge in [0.2, 0.25) is 5.91 Å². The van der Waals surface area contributed by atoms with E-state index < -0.39 is 17.7 Å². The minimum absolute atomic E-state index is 0.0558. The molecule has 1 heterocycles. The van der Waals surface area contributed by atoms with Crippen molar-refractivity contribution in [1.29, 1.82) is 0 Å². The Morgan fingerprint density at radius 3 is 2.22 bits per heavy atom. The van der Waals surface area contributed by atoms with Gasteiger partial charge in [0.25, 0.3) is 11.7 Å². The zero-order valence-corrected chi connectivity index (χ0v) is 14.9. The number of nitrogens with one attached hydrogen (secondary N) is 1. The number of carbonyl (C=O) groups is 3. The van der Waals surface area contributed by atoms with Gasteiger partial charge in [-0.05, 0) is 5.56 Å². The number of aliphatic hydroxyl groups is 1. The van der Waals surface area contributed by atoms with Crippen LogP contribution in [0.15, 0.2) is 66.2 Å². The highest BCUT2D eigenvalue weighted by Gasteiger charge is 2.45. The van der Waals surface area contributed by atoms with Gasteiger partial charge in [-0.3, -0.25) is 14.4 Å². The van der Waals surface area contributed by atoms with E-state index in [1.165, 1.54) is 11.8 Å². The van der Waals surface area contributed by atoms with Crippen molar-refractivity contribution in [2.24, 2.45) is 0 Å². The van der Waals surface area contributed by atoms with Crippen LogP contribution >= 0.6 is 0 Å². The van der Waals surface area contributed by atoms with E-state index in [0.717, 1.165) is 5.56 Å². The van der Waals surface area contributed by atoms with Crippen molar-refractivity contribution in [2.75, 3.05) is 13.1 Å². The molecule has 1 saturated heterocycles. The van der Waals surface area contributed by atoms with Crippen molar-refractivity contribution in [2.45, 2.75) is 13.0 Å². The summed E-state index contributed by atoms with van der Waals surface area (Å²) in [7, 11) is 0. The highest BCUT2D eigenvalue weighted by Crippen LogP contribution is 2.38. The number of hydrogen-bond acceptors (Lipinski definition) is 4. The van der Waals surface area contributed by atoms with Crippen molar-refractivity contribution in [3.05, 3.63) is 77.4 Å². The third kappa shape index (κ3) is 3.74. The average Bonchev–Trinajstić information content (AvgIpc) is 2.93. The lowest BCUT2D eigenvalue weighted by Gasteiger charge is -2.25. The predicted molar refractivity (Wildman–Crippen MR) is 101 cm³/mol. The van der Waals surface area contributed by atoms with Crippen LogP contribution in [0.2, 0.25) is 0 Å². The van der Waals surface area contributed by atoms with Crippen molar-refractivity contribution in [1.82, 2.24) is 10.2 Å². The molecular formula is C21H20N2O4. The van der Waals surface area contributed by atoms with Gasteiger partial charge >= 0.3 is 0 Å². The maximum absolute atomic E-state index is 12.7. The number of nitrogens with zero attached hydrogens (tertiary/aromatic N) is 1. The zero-order valence-electron chi connectivity index (χ0n) is 14.9. The van der Waals surface area contributed by atoms with Crippen molar-refractivity contribution in [3.63, 3.8) is 0 Å². The number of benzene rings is 2. The topological polar surface area (TPSA) is 86.7 Å². The standard InChI is InChI=1S/C21H20N2O4/c1-14(24)22-12-13-23-18(15-8-4-2-5-9-15)17(20(26)21(23)27)19(25)16-10-6-3-7-11-16/h2-11,18,25H,12-13H2,1H3,(H,22,24)/b19-17+/t18-/m0/s1. The Hall–Kier alpha value is -3.41. The summed E-state index contributed by atoms with van der Waals surface area (Å²) in [4.78, 5) is 37.9. The van der Waals surface area contributed by atoms with Crippen LogP contribution in [0.3, 0.4) is 0 Å². The Labute approximate surface area is 157 Å². The molecule has 1 atom stereocenters. The fourth-order valence-electron chi connectivity index (χ4n) is 3.20. The third-order valence-electron chi connectivity index (χ3n) is 4.43. The summed E-state index contributed by atoms with van der Waals surface area (Å²) in [6.45, 7) is 1.77. The van der Waals surface area contributed by atoms with Crippen molar-refractivity contribution < 1.29 is 19.5 Å². The van der Waals surface area contributed by atoms with E-state index in [1.54, 1.807) is 42.5 Å². The normalized spacial score (nSPS) is 18.6. The van der Waals surface area contributed by atoms with Crippen molar-refractivity contribution in [3.8, 4) is 0 Å². The first-order valence-corrected chi connectivity index (χ1v) is 8.64. The van der Waals surface area contributed by atoms with Crippen LogP contribution in [-0.2, 0) is 14.4 Å². The Kier molecular flexibility index (Phi) is 5.35. The van der Waals surface area contributed by atoms with Crippen LogP contribution in [0.1, 0.15) is 24.1 Å². The molecular weight excluding hydrogens is 344 g/mol. The second-order valence-electron chi connectivity index (χ2n) is 6.25. The monoisotopic (exact) mass is 364 g/mol. The van der Waals surface area contributed by atoms with E-state index in [0.29, 0.717) is 5.56 Å². The highest BCUT2D eigenvalue weighted by molar-refractivity contribution is 6.46. The van der Waals surface area contributed by atoms with Gasteiger partial charge in [0.1, 0.15) is 5.76 Å². The summed E-state index contributed by atoms with van der Waals surface area (Å²) >= 11 is 0. The van der Waals surface area contributed by atoms with E-state index in [-0.39, 0.29) is 30.3 Å². The summed E-state index contributed by atoms with van der Waals surface area (Å²) in [6.07, 6.45) is 0. The number of ketones is 1. The molecule has 0 aliphatic carbocycles. The lowest BCUT2D eigenvalue weighted by Crippen LogP contribution is -2.37. The van der Waals surface area contributed by atoms with E-state index in [4.69, 9.17) is 0 Å². The number of rotatable bonds is 5. The van der Waals surface area contributed by atoms with Gasteiger partial charge in [0.15, 0.2) is 0 Å². The summed E-state index contributed by atoms with van der Waals surface area (Å²) < 4.78 is 0. The minimum atomic E-state index is -0.729. The molecule has 3 rings (SSSR count). The van der Waals surface area contributed by atoms with Crippen molar-refractivity contribution >= 4 is 23.4 Å². The molecule has 6 heteroatoms. The Morgan fingerprint density at radius 1 is 1.04 bits per heavy atom. The molecule has 0 bridgehead atoms. The van der Waals surface area contributed by atoms with Gasteiger partial charge < -0.3 is 15.3 Å². The maximum atomic E-state index is 12.7. The lowest BCUT2D eigenvalue weighted by molar-refractivity contribution is -0.139. The first kappa shape index (κ1) is 18.4. The van der Waals surface area contributed by atoms with Crippen LogP contribution in [-0.4, -0.2) is 40.7 Å². The van der Waals surface area contributed by atoms with Gasteiger partial charge in [-0.1, -0.05) is 60.7 Å². The average molecular weight is 364 g/mol.